The first-order valence-corrected chi connectivity index (χ1v) is 6.07. The van der Waals surface area contributed by atoms with E-state index in [0.717, 1.165) is 5.92 Å². The van der Waals surface area contributed by atoms with E-state index in [1.54, 1.807) is 0 Å². The van der Waals surface area contributed by atoms with Gasteiger partial charge in [0.1, 0.15) is 0 Å². The lowest BCUT2D eigenvalue weighted by Gasteiger charge is -2.17. The van der Waals surface area contributed by atoms with Crippen molar-refractivity contribution in [1.82, 2.24) is 0 Å². The number of unbranched alkanes of at least 4 members (excludes halogenated alkanes) is 3. The van der Waals surface area contributed by atoms with Crippen LogP contribution in [0.4, 0.5) is 0 Å². The van der Waals surface area contributed by atoms with Gasteiger partial charge >= 0.3 is 0 Å². The average molecular weight is 182 g/mol. The fraction of sp³-hybridized carbons (Fsp3) is 1.00. The summed E-state index contributed by atoms with van der Waals surface area (Å²) in [6.07, 6.45) is 12.6. The summed E-state index contributed by atoms with van der Waals surface area (Å²) in [7, 11) is 0. The molecule has 1 saturated carbocycles. The van der Waals surface area contributed by atoms with Crippen LogP contribution >= 0.6 is 0 Å². The van der Waals surface area contributed by atoms with Gasteiger partial charge < -0.3 is 4.74 Å². The van der Waals surface area contributed by atoms with Gasteiger partial charge in [0.15, 0.2) is 0 Å². The predicted octanol–water partition coefficient (Wildman–Crippen LogP) is 3.52. The predicted molar refractivity (Wildman–Crippen MR) is 54.8 cm³/mol. The smallest absolute Gasteiger partial charge is 0.0869 e. The molecule has 0 aromatic heterocycles. The Morgan fingerprint density at radius 3 is 2.92 bits per heavy atom. The van der Waals surface area contributed by atoms with Crippen LogP contribution in [0, 0.1) is 5.92 Å². The second-order valence-electron chi connectivity index (χ2n) is 4.68. The molecule has 13 heavy (non-hydrogen) atoms. The summed E-state index contributed by atoms with van der Waals surface area (Å²) in [5, 5.41) is 0. The first-order valence-electron chi connectivity index (χ1n) is 6.07. The maximum absolute atomic E-state index is 5.65. The van der Waals surface area contributed by atoms with Crippen LogP contribution in [0.25, 0.3) is 0 Å². The van der Waals surface area contributed by atoms with E-state index >= 15 is 0 Å². The monoisotopic (exact) mass is 182 g/mol. The maximum Gasteiger partial charge on any atom is 0.0869 e. The molecule has 0 bridgehead atoms. The van der Waals surface area contributed by atoms with E-state index in [2.05, 4.69) is 6.92 Å². The zero-order valence-electron chi connectivity index (χ0n) is 8.80. The van der Waals surface area contributed by atoms with Gasteiger partial charge in [-0.2, -0.15) is 0 Å². The highest BCUT2D eigenvalue weighted by molar-refractivity contribution is 4.94. The van der Waals surface area contributed by atoms with E-state index in [0.29, 0.717) is 12.2 Å². The fourth-order valence-electron chi connectivity index (χ4n) is 2.69. The SMILES string of the molecule is CCCCCCC1CCCC2OC12. The summed E-state index contributed by atoms with van der Waals surface area (Å²) in [5.74, 6) is 0.926. The van der Waals surface area contributed by atoms with E-state index in [4.69, 9.17) is 4.74 Å². The van der Waals surface area contributed by atoms with Crippen LogP contribution in [0.1, 0.15) is 58.3 Å². The maximum atomic E-state index is 5.65. The molecular formula is C12H22O. The van der Waals surface area contributed by atoms with Crippen LogP contribution in [0.15, 0.2) is 0 Å². The Morgan fingerprint density at radius 2 is 2.08 bits per heavy atom. The number of hydrogen-bond acceptors (Lipinski definition) is 1. The van der Waals surface area contributed by atoms with Gasteiger partial charge in [0, 0.05) is 0 Å². The van der Waals surface area contributed by atoms with E-state index in [1.807, 2.05) is 0 Å². The van der Waals surface area contributed by atoms with Crippen LogP contribution in [0.5, 0.6) is 0 Å². The van der Waals surface area contributed by atoms with Crippen molar-refractivity contribution in [2.45, 2.75) is 70.5 Å². The molecular weight excluding hydrogens is 160 g/mol. The van der Waals surface area contributed by atoms with Crippen molar-refractivity contribution in [3.8, 4) is 0 Å². The third kappa shape index (κ3) is 2.46. The van der Waals surface area contributed by atoms with Crippen LogP contribution in [-0.4, -0.2) is 12.2 Å². The van der Waals surface area contributed by atoms with Crippen molar-refractivity contribution < 1.29 is 4.74 Å². The summed E-state index contributed by atoms with van der Waals surface area (Å²) in [5.41, 5.74) is 0. The van der Waals surface area contributed by atoms with E-state index in [-0.39, 0.29) is 0 Å². The highest BCUT2D eigenvalue weighted by Crippen LogP contribution is 2.42. The highest BCUT2D eigenvalue weighted by atomic mass is 16.6. The molecule has 2 fully saturated rings. The Balaban J connectivity index is 1.59. The van der Waals surface area contributed by atoms with Crippen molar-refractivity contribution in [3.05, 3.63) is 0 Å². The molecule has 1 heterocycles. The molecule has 1 nitrogen and oxygen atoms in total. The summed E-state index contributed by atoms with van der Waals surface area (Å²) in [6, 6.07) is 0. The van der Waals surface area contributed by atoms with Gasteiger partial charge in [0.05, 0.1) is 12.2 Å². The molecule has 2 rings (SSSR count). The van der Waals surface area contributed by atoms with Gasteiger partial charge in [-0.05, 0) is 25.2 Å². The first-order chi connectivity index (χ1) is 6.42. The quantitative estimate of drug-likeness (QED) is 0.468. The first kappa shape index (κ1) is 9.51. The standard InChI is InChI=1S/C12H22O/c1-2-3-4-5-7-10-8-6-9-11-12(10)13-11/h10-12H,2-9H2,1H3. The minimum absolute atomic E-state index is 0.685. The molecule has 1 heteroatoms. The number of hydrogen-bond donors (Lipinski definition) is 0. The van der Waals surface area contributed by atoms with Crippen LogP contribution < -0.4 is 0 Å². The molecule has 1 saturated heterocycles. The van der Waals surface area contributed by atoms with Gasteiger partial charge in [0.2, 0.25) is 0 Å². The summed E-state index contributed by atoms with van der Waals surface area (Å²) < 4.78 is 5.65. The summed E-state index contributed by atoms with van der Waals surface area (Å²) in [6.45, 7) is 2.28. The second kappa shape index (κ2) is 4.45. The highest BCUT2D eigenvalue weighted by Gasteiger charge is 2.46. The Kier molecular flexibility index (Phi) is 3.26. The Morgan fingerprint density at radius 1 is 1.15 bits per heavy atom. The molecule has 0 aromatic rings. The molecule has 0 radical (unpaired) electrons. The topological polar surface area (TPSA) is 12.5 Å². The van der Waals surface area contributed by atoms with Gasteiger partial charge in [0.25, 0.3) is 0 Å². The van der Waals surface area contributed by atoms with Crippen LogP contribution in [0.3, 0.4) is 0 Å². The van der Waals surface area contributed by atoms with Crippen molar-refractivity contribution in [2.24, 2.45) is 5.92 Å². The molecule has 76 valence electrons. The largest absolute Gasteiger partial charge is 0.369 e. The second-order valence-corrected chi connectivity index (χ2v) is 4.68. The summed E-state index contributed by atoms with van der Waals surface area (Å²) in [4.78, 5) is 0. The fourth-order valence-corrected chi connectivity index (χ4v) is 2.69. The van der Waals surface area contributed by atoms with Crippen LogP contribution in [-0.2, 0) is 4.74 Å². The lowest BCUT2D eigenvalue weighted by molar-refractivity contribution is 0.302. The average Bonchev–Trinajstić information content (AvgIpc) is 2.91. The van der Waals surface area contributed by atoms with Crippen LogP contribution in [0.2, 0.25) is 0 Å². The number of fused-ring (bicyclic) bond motifs is 1. The zero-order chi connectivity index (χ0) is 9.10. The Hall–Kier alpha value is -0.0400. The van der Waals surface area contributed by atoms with Crippen molar-refractivity contribution in [2.75, 3.05) is 0 Å². The molecule has 3 atom stereocenters. The number of rotatable bonds is 5. The third-order valence-corrected chi connectivity index (χ3v) is 3.58. The van der Waals surface area contributed by atoms with Crippen molar-refractivity contribution in [3.63, 3.8) is 0 Å². The molecule has 0 aromatic carbocycles. The van der Waals surface area contributed by atoms with Gasteiger partial charge in [-0.1, -0.05) is 39.0 Å². The van der Waals surface area contributed by atoms with Crippen molar-refractivity contribution in [1.29, 1.82) is 0 Å². The molecule has 3 unspecified atom stereocenters. The van der Waals surface area contributed by atoms with E-state index in [1.165, 1.54) is 51.4 Å². The minimum Gasteiger partial charge on any atom is -0.369 e. The Bertz CT molecular complexity index is 155. The van der Waals surface area contributed by atoms with Gasteiger partial charge in [-0.15, -0.1) is 0 Å². The Labute approximate surface area is 81.9 Å². The van der Waals surface area contributed by atoms with E-state index in [9.17, 15) is 0 Å². The van der Waals surface area contributed by atoms with Crippen molar-refractivity contribution >= 4 is 0 Å². The molecule has 0 amide bonds. The summed E-state index contributed by atoms with van der Waals surface area (Å²) >= 11 is 0. The lowest BCUT2D eigenvalue weighted by Crippen LogP contribution is -2.15. The molecule has 1 aliphatic heterocycles. The molecule has 1 aliphatic carbocycles. The molecule has 0 spiro atoms. The zero-order valence-corrected chi connectivity index (χ0v) is 8.80. The molecule has 0 N–H and O–H groups in total. The third-order valence-electron chi connectivity index (χ3n) is 3.58. The molecule has 2 aliphatic rings. The lowest BCUT2D eigenvalue weighted by atomic mass is 9.85. The number of ether oxygens (including phenoxy) is 1. The van der Waals surface area contributed by atoms with Gasteiger partial charge in [-0.3, -0.25) is 0 Å². The normalized spacial score (nSPS) is 37.2. The minimum atomic E-state index is 0.685. The van der Waals surface area contributed by atoms with E-state index < -0.39 is 0 Å². The number of epoxide rings is 1. The van der Waals surface area contributed by atoms with Gasteiger partial charge in [-0.25, -0.2) is 0 Å².